The molecule has 0 aromatic heterocycles. The Hall–Kier alpha value is -1.91. The smallest absolute Gasteiger partial charge is 0.329 e. The van der Waals surface area contributed by atoms with Crippen LogP contribution in [0.3, 0.4) is 0 Å². The first kappa shape index (κ1) is 15.1. The zero-order chi connectivity index (χ0) is 14.5. The first-order valence-electron chi connectivity index (χ1n) is 5.99. The molecule has 0 fully saturated rings. The van der Waals surface area contributed by atoms with Crippen LogP contribution < -0.4 is 5.32 Å². The molecule has 0 heterocycles. The zero-order valence-corrected chi connectivity index (χ0v) is 11.3. The van der Waals surface area contributed by atoms with Crippen molar-refractivity contribution in [3.05, 3.63) is 35.6 Å². The molecule has 0 aliphatic rings. The molecule has 5 heteroatoms. The fourth-order valence-electron chi connectivity index (χ4n) is 1.55. The molecule has 1 rings (SSSR count). The van der Waals surface area contributed by atoms with E-state index in [1.165, 1.54) is 6.07 Å². The van der Waals surface area contributed by atoms with Crippen LogP contribution in [0, 0.1) is 5.82 Å². The number of carbonyl (C=O) groups excluding carboxylic acids is 2. The second-order valence-corrected chi connectivity index (χ2v) is 5.17. The maximum atomic E-state index is 13.5. The summed E-state index contributed by atoms with van der Waals surface area (Å²) in [6.07, 6.45) is 0.468. The van der Waals surface area contributed by atoms with Gasteiger partial charge in [0.25, 0.3) is 0 Å². The topological polar surface area (TPSA) is 55.4 Å². The zero-order valence-electron chi connectivity index (χ0n) is 11.3. The Labute approximate surface area is 112 Å². The number of ether oxygens (including phenoxy) is 1. The highest BCUT2D eigenvalue weighted by Gasteiger charge is 2.25. The predicted octanol–water partition coefficient (Wildman–Crippen LogP) is 1.82. The first-order chi connectivity index (χ1) is 8.83. The number of rotatable bonds is 5. The summed E-state index contributed by atoms with van der Waals surface area (Å²) in [4.78, 5) is 22.4. The van der Waals surface area contributed by atoms with E-state index in [9.17, 15) is 14.0 Å². The summed E-state index contributed by atoms with van der Waals surface area (Å²) in [5.41, 5.74) is -0.303. The van der Waals surface area contributed by atoms with E-state index >= 15 is 0 Å². The Kier molecular flexibility index (Phi) is 5.03. The van der Waals surface area contributed by atoms with E-state index in [1.807, 2.05) is 0 Å². The van der Waals surface area contributed by atoms with Crippen LogP contribution >= 0.6 is 0 Å². The van der Waals surface area contributed by atoms with Crippen molar-refractivity contribution in [2.45, 2.75) is 38.8 Å². The quantitative estimate of drug-likeness (QED) is 0.654. The molecular formula is C14H18FNO3. The molecular weight excluding hydrogens is 249 g/mol. The fourth-order valence-corrected chi connectivity index (χ4v) is 1.55. The lowest BCUT2D eigenvalue weighted by atomic mass is 10.1. The van der Waals surface area contributed by atoms with Crippen molar-refractivity contribution in [2.75, 3.05) is 0 Å². The third kappa shape index (κ3) is 5.07. The van der Waals surface area contributed by atoms with Crippen LogP contribution in [0.15, 0.2) is 24.3 Å². The normalized spacial score (nSPS) is 12.6. The summed E-state index contributed by atoms with van der Waals surface area (Å²) in [6.45, 7) is 5.18. The summed E-state index contributed by atoms with van der Waals surface area (Å²) >= 11 is 0. The molecule has 0 bridgehead atoms. The van der Waals surface area contributed by atoms with Gasteiger partial charge in [0.2, 0.25) is 6.41 Å². The second-order valence-electron chi connectivity index (χ2n) is 5.17. The minimum absolute atomic E-state index is 0.0559. The number of esters is 1. The molecule has 104 valence electrons. The van der Waals surface area contributed by atoms with Crippen LogP contribution in [-0.4, -0.2) is 24.0 Å². The molecule has 0 aliphatic heterocycles. The molecule has 0 spiro atoms. The Morgan fingerprint density at radius 2 is 2.05 bits per heavy atom. The van der Waals surface area contributed by atoms with Crippen LogP contribution in [0.1, 0.15) is 26.3 Å². The number of amides is 1. The van der Waals surface area contributed by atoms with Crippen LogP contribution in [0.25, 0.3) is 0 Å². The van der Waals surface area contributed by atoms with Crippen molar-refractivity contribution in [1.29, 1.82) is 0 Å². The molecule has 4 nitrogen and oxygen atoms in total. The van der Waals surface area contributed by atoms with Gasteiger partial charge in [-0.15, -0.1) is 0 Å². The summed E-state index contributed by atoms with van der Waals surface area (Å²) in [7, 11) is 0. The Balaban J connectivity index is 2.81. The van der Waals surface area contributed by atoms with Crippen molar-refractivity contribution in [3.8, 4) is 0 Å². The average molecular weight is 267 g/mol. The summed E-state index contributed by atoms with van der Waals surface area (Å²) in [5, 5.41) is 2.36. The first-order valence-corrected chi connectivity index (χ1v) is 5.99. The number of halogens is 1. The van der Waals surface area contributed by atoms with Crippen molar-refractivity contribution in [1.82, 2.24) is 5.32 Å². The van der Waals surface area contributed by atoms with Gasteiger partial charge in [-0.2, -0.15) is 0 Å². The number of benzene rings is 1. The molecule has 0 saturated heterocycles. The van der Waals surface area contributed by atoms with Gasteiger partial charge in [-0.3, -0.25) is 4.79 Å². The lowest BCUT2D eigenvalue weighted by Gasteiger charge is -2.23. The number of nitrogens with one attached hydrogen (secondary N) is 1. The van der Waals surface area contributed by atoms with Gasteiger partial charge in [0, 0.05) is 6.42 Å². The molecule has 1 unspecified atom stereocenters. The highest BCUT2D eigenvalue weighted by atomic mass is 19.1. The molecule has 0 saturated carbocycles. The standard InChI is InChI=1S/C14H18FNO3/c1-14(2,3)19-13(18)12(16-9-17)8-10-6-4-5-7-11(10)15/h4-7,9,12H,8H2,1-3H3,(H,16,17). The molecule has 0 radical (unpaired) electrons. The summed E-state index contributed by atoms with van der Waals surface area (Å²) < 4.78 is 18.7. The lowest BCUT2D eigenvalue weighted by Crippen LogP contribution is -2.42. The van der Waals surface area contributed by atoms with Crippen LogP contribution in [0.5, 0.6) is 0 Å². The Morgan fingerprint density at radius 1 is 1.42 bits per heavy atom. The largest absolute Gasteiger partial charge is 0.458 e. The van der Waals surface area contributed by atoms with Crippen LogP contribution in [0.4, 0.5) is 4.39 Å². The van der Waals surface area contributed by atoms with Crippen molar-refractivity contribution < 1.29 is 18.7 Å². The minimum atomic E-state index is -0.895. The predicted molar refractivity (Wildman–Crippen MR) is 68.9 cm³/mol. The monoisotopic (exact) mass is 267 g/mol. The molecule has 1 aromatic rings. The molecule has 1 N–H and O–H groups in total. The number of hydrogen-bond acceptors (Lipinski definition) is 3. The SMILES string of the molecule is CC(C)(C)OC(=O)C(Cc1ccccc1F)NC=O. The van der Waals surface area contributed by atoms with Gasteiger partial charge in [0.05, 0.1) is 0 Å². The van der Waals surface area contributed by atoms with E-state index in [1.54, 1.807) is 39.0 Å². The third-order valence-corrected chi connectivity index (χ3v) is 2.34. The molecule has 19 heavy (non-hydrogen) atoms. The maximum absolute atomic E-state index is 13.5. The van der Waals surface area contributed by atoms with E-state index in [0.717, 1.165) is 0 Å². The van der Waals surface area contributed by atoms with Gasteiger partial charge in [-0.1, -0.05) is 18.2 Å². The van der Waals surface area contributed by atoms with Crippen molar-refractivity contribution >= 4 is 12.4 Å². The van der Waals surface area contributed by atoms with Gasteiger partial charge in [-0.25, -0.2) is 9.18 Å². The van der Waals surface area contributed by atoms with Crippen molar-refractivity contribution in [3.63, 3.8) is 0 Å². The Bertz CT molecular complexity index is 454. The average Bonchev–Trinajstić information content (AvgIpc) is 2.29. The highest BCUT2D eigenvalue weighted by molar-refractivity contribution is 5.79. The van der Waals surface area contributed by atoms with Gasteiger partial charge < -0.3 is 10.1 Å². The van der Waals surface area contributed by atoms with Crippen LogP contribution in [-0.2, 0) is 20.7 Å². The van der Waals surface area contributed by atoms with Crippen LogP contribution in [0.2, 0.25) is 0 Å². The number of carbonyl (C=O) groups is 2. The number of hydrogen-bond donors (Lipinski definition) is 1. The third-order valence-electron chi connectivity index (χ3n) is 2.34. The second kappa shape index (κ2) is 6.31. The van der Waals surface area contributed by atoms with Gasteiger partial charge in [0.15, 0.2) is 0 Å². The van der Waals surface area contributed by atoms with Crippen molar-refractivity contribution in [2.24, 2.45) is 0 Å². The maximum Gasteiger partial charge on any atom is 0.329 e. The van der Waals surface area contributed by atoms with E-state index in [0.29, 0.717) is 12.0 Å². The van der Waals surface area contributed by atoms with E-state index in [2.05, 4.69) is 5.32 Å². The fraction of sp³-hybridized carbons (Fsp3) is 0.429. The van der Waals surface area contributed by atoms with Gasteiger partial charge in [-0.05, 0) is 32.4 Å². The molecule has 1 aromatic carbocycles. The van der Waals surface area contributed by atoms with Gasteiger partial charge in [0.1, 0.15) is 17.5 Å². The molecule has 1 atom stereocenters. The minimum Gasteiger partial charge on any atom is -0.458 e. The molecule has 0 aliphatic carbocycles. The highest BCUT2D eigenvalue weighted by Crippen LogP contribution is 2.13. The molecule has 1 amide bonds. The van der Waals surface area contributed by atoms with E-state index < -0.39 is 23.4 Å². The summed E-state index contributed by atoms with van der Waals surface area (Å²) in [5.74, 6) is -0.994. The Morgan fingerprint density at radius 3 is 2.58 bits per heavy atom. The van der Waals surface area contributed by atoms with E-state index in [-0.39, 0.29) is 6.42 Å². The van der Waals surface area contributed by atoms with Gasteiger partial charge >= 0.3 is 5.97 Å². The van der Waals surface area contributed by atoms with E-state index in [4.69, 9.17) is 4.74 Å². The summed E-state index contributed by atoms with van der Waals surface area (Å²) in [6, 6.07) is 5.22. The lowest BCUT2D eigenvalue weighted by molar-refractivity contribution is -0.158.